The van der Waals surface area contributed by atoms with Crippen LogP contribution < -0.4 is 10.6 Å². The van der Waals surface area contributed by atoms with E-state index in [2.05, 4.69) is 10.6 Å². The molecule has 3 N–H and O–H groups in total. The van der Waals surface area contributed by atoms with E-state index < -0.39 is 18.0 Å². The molecule has 0 radical (unpaired) electrons. The van der Waals surface area contributed by atoms with Gasteiger partial charge in [0.1, 0.15) is 6.04 Å². The molecule has 5 heteroatoms. The summed E-state index contributed by atoms with van der Waals surface area (Å²) in [6.07, 6.45) is 3.04. The van der Waals surface area contributed by atoms with Gasteiger partial charge in [0, 0.05) is 5.54 Å². The molecule has 0 aliphatic heterocycles. The molecule has 80 valence electrons. The molecular formula is C9H16N2O3. The van der Waals surface area contributed by atoms with Crippen LogP contribution in [-0.2, 0) is 4.79 Å². The van der Waals surface area contributed by atoms with Gasteiger partial charge in [-0.25, -0.2) is 4.79 Å². The quantitative estimate of drug-likeness (QED) is 0.627. The van der Waals surface area contributed by atoms with Gasteiger partial charge in [-0.3, -0.25) is 4.79 Å². The molecule has 14 heavy (non-hydrogen) atoms. The molecule has 0 unspecified atom stereocenters. The summed E-state index contributed by atoms with van der Waals surface area (Å²) in [5, 5.41) is 13.7. The first-order chi connectivity index (χ1) is 6.43. The molecule has 2 amide bonds. The Morgan fingerprint density at radius 3 is 2.36 bits per heavy atom. The van der Waals surface area contributed by atoms with E-state index in [1.54, 1.807) is 0 Å². The summed E-state index contributed by atoms with van der Waals surface area (Å²) < 4.78 is 0. The zero-order valence-electron chi connectivity index (χ0n) is 8.46. The van der Waals surface area contributed by atoms with Crippen LogP contribution in [0.5, 0.6) is 0 Å². The number of amides is 2. The number of rotatable bonds is 3. The Morgan fingerprint density at radius 1 is 1.43 bits per heavy atom. The van der Waals surface area contributed by atoms with Gasteiger partial charge < -0.3 is 15.7 Å². The van der Waals surface area contributed by atoms with Crippen LogP contribution in [0.15, 0.2) is 0 Å². The molecule has 1 saturated carbocycles. The van der Waals surface area contributed by atoms with Crippen LogP contribution in [0, 0.1) is 0 Å². The zero-order chi connectivity index (χ0) is 10.8. The molecule has 0 spiro atoms. The third kappa shape index (κ3) is 2.61. The second-order valence-electron chi connectivity index (χ2n) is 4.07. The lowest BCUT2D eigenvalue weighted by atomic mass is 9.79. The Balaban J connectivity index is 2.32. The summed E-state index contributed by atoms with van der Waals surface area (Å²) in [6.45, 7) is 3.40. The fourth-order valence-electron chi connectivity index (χ4n) is 1.40. The second-order valence-corrected chi connectivity index (χ2v) is 4.07. The largest absolute Gasteiger partial charge is 0.480 e. The number of nitrogens with one attached hydrogen (secondary N) is 2. The molecule has 1 fully saturated rings. The maximum atomic E-state index is 11.3. The molecule has 0 aromatic heterocycles. The van der Waals surface area contributed by atoms with E-state index >= 15 is 0 Å². The third-order valence-electron chi connectivity index (χ3n) is 2.59. The van der Waals surface area contributed by atoms with E-state index in [1.165, 1.54) is 6.92 Å². The first-order valence-electron chi connectivity index (χ1n) is 4.74. The molecule has 5 nitrogen and oxygen atoms in total. The third-order valence-corrected chi connectivity index (χ3v) is 2.59. The average Bonchev–Trinajstić information content (AvgIpc) is 2.00. The van der Waals surface area contributed by atoms with E-state index in [4.69, 9.17) is 5.11 Å². The predicted octanol–water partition coefficient (Wildman–Crippen LogP) is 0.701. The minimum absolute atomic E-state index is 0.137. The van der Waals surface area contributed by atoms with Crippen molar-refractivity contribution in [1.82, 2.24) is 10.6 Å². The van der Waals surface area contributed by atoms with Crippen molar-refractivity contribution in [2.24, 2.45) is 0 Å². The molecule has 1 aliphatic carbocycles. The van der Waals surface area contributed by atoms with Gasteiger partial charge in [0.05, 0.1) is 0 Å². The van der Waals surface area contributed by atoms with Gasteiger partial charge in [0.25, 0.3) is 0 Å². The number of aliphatic carboxylic acids is 1. The molecule has 0 bridgehead atoms. The number of carbonyl (C=O) groups excluding carboxylic acids is 1. The fraction of sp³-hybridized carbons (Fsp3) is 0.778. The van der Waals surface area contributed by atoms with Gasteiger partial charge in [-0.05, 0) is 33.1 Å². The predicted molar refractivity (Wildman–Crippen MR) is 51.0 cm³/mol. The van der Waals surface area contributed by atoms with Crippen LogP contribution in [0.1, 0.15) is 33.1 Å². The smallest absolute Gasteiger partial charge is 0.325 e. The highest BCUT2D eigenvalue weighted by Crippen LogP contribution is 2.30. The van der Waals surface area contributed by atoms with Gasteiger partial charge >= 0.3 is 12.0 Å². The first-order valence-corrected chi connectivity index (χ1v) is 4.74. The van der Waals surface area contributed by atoms with Crippen molar-refractivity contribution >= 4 is 12.0 Å². The topological polar surface area (TPSA) is 78.4 Å². The summed E-state index contributed by atoms with van der Waals surface area (Å²) in [6, 6.07) is -1.25. The zero-order valence-corrected chi connectivity index (χ0v) is 8.46. The SMILES string of the molecule is C[C@H](NC(=O)NC1(C)CCC1)C(=O)O. The molecule has 1 atom stereocenters. The standard InChI is InChI=1S/C9H16N2O3/c1-6(7(12)13)10-8(14)11-9(2)4-3-5-9/h6H,3-5H2,1-2H3,(H,12,13)(H2,10,11,14)/t6-/m0/s1. The molecule has 0 heterocycles. The van der Waals surface area contributed by atoms with Crippen LogP contribution in [0.25, 0.3) is 0 Å². The maximum absolute atomic E-state index is 11.3. The van der Waals surface area contributed by atoms with Crippen LogP contribution in [0.4, 0.5) is 4.79 Å². The Hall–Kier alpha value is -1.26. The lowest BCUT2D eigenvalue weighted by molar-refractivity contribution is -0.138. The number of carboxylic acids is 1. The molecule has 0 aromatic rings. The molecule has 1 aliphatic rings. The Bertz CT molecular complexity index is 248. The lowest BCUT2D eigenvalue weighted by Gasteiger charge is -2.39. The van der Waals surface area contributed by atoms with Crippen molar-refractivity contribution in [3.63, 3.8) is 0 Å². The van der Waals surface area contributed by atoms with Crippen molar-refractivity contribution in [3.8, 4) is 0 Å². The van der Waals surface area contributed by atoms with Crippen molar-refractivity contribution in [2.75, 3.05) is 0 Å². The van der Waals surface area contributed by atoms with E-state index in [-0.39, 0.29) is 5.54 Å². The molecule has 0 aromatic carbocycles. The van der Waals surface area contributed by atoms with Gasteiger partial charge in [-0.1, -0.05) is 0 Å². The van der Waals surface area contributed by atoms with Crippen molar-refractivity contribution in [1.29, 1.82) is 0 Å². The van der Waals surface area contributed by atoms with E-state index in [1.807, 2.05) is 6.92 Å². The van der Waals surface area contributed by atoms with Gasteiger partial charge in [-0.15, -0.1) is 0 Å². The van der Waals surface area contributed by atoms with Crippen LogP contribution in [0.3, 0.4) is 0 Å². The normalized spacial score (nSPS) is 20.4. The Morgan fingerprint density at radius 2 is 2.00 bits per heavy atom. The highest BCUT2D eigenvalue weighted by atomic mass is 16.4. The van der Waals surface area contributed by atoms with Crippen molar-refractivity contribution in [3.05, 3.63) is 0 Å². The van der Waals surface area contributed by atoms with Crippen molar-refractivity contribution < 1.29 is 14.7 Å². The van der Waals surface area contributed by atoms with E-state index in [9.17, 15) is 9.59 Å². The highest BCUT2D eigenvalue weighted by molar-refractivity contribution is 5.82. The minimum atomic E-state index is -1.03. The van der Waals surface area contributed by atoms with Gasteiger partial charge in [0.15, 0.2) is 0 Å². The summed E-state index contributed by atoms with van der Waals surface area (Å²) in [4.78, 5) is 21.7. The fourth-order valence-corrected chi connectivity index (χ4v) is 1.40. The first kappa shape index (κ1) is 10.8. The number of urea groups is 1. The van der Waals surface area contributed by atoms with Gasteiger partial charge in [-0.2, -0.15) is 0 Å². The highest BCUT2D eigenvalue weighted by Gasteiger charge is 2.33. The average molecular weight is 200 g/mol. The van der Waals surface area contributed by atoms with Crippen molar-refractivity contribution in [2.45, 2.75) is 44.7 Å². The van der Waals surface area contributed by atoms with E-state index in [0.29, 0.717) is 0 Å². The monoisotopic (exact) mass is 200 g/mol. The minimum Gasteiger partial charge on any atom is -0.480 e. The summed E-state index contributed by atoms with van der Waals surface area (Å²) in [7, 11) is 0. The number of hydrogen-bond acceptors (Lipinski definition) is 2. The summed E-state index contributed by atoms with van der Waals surface area (Å²) in [5.74, 6) is -1.03. The number of carbonyl (C=O) groups is 2. The number of hydrogen-bond donors (Lipinski definition) is 3. The number of carboxylic acid groups (broad SMARTS) is 1. The second kappa shape index (κ2) is 3.86. The van der Waals surface area contributed by atoms with Crippen LogP contribution in [0.2, 0.25) is 0 Å². The summed E-state index contributed by atoms with van der Waals surface area (Å²) in [5.41, 5.74) is -0.137. The summed E-state index contributed by atoms with van der Waals surface area (Å²) >= 11 is 0. The Labute approximate surface area is 82.9 Å². The van der Waals surface area contributed by atoms with Crippen LogP contribution in [-0.4, -0.2) is 28.7 Å². The maximum Gasteiger partial charge on any atom is 0.325 e. The van der Waals surface area contributed by atoms with E-state index in [0.717, 1.165) is 19.3 Å². The van der Waals surface area contributed by atoms with Gasteiger partial charge in [0.2, 0.25) is 0 Å². The van der Waals surface area contributed by atoms with Crippen LogP contribution >= 0.6 is 0 Å². The Kier molecular flexibility index (Phi) is 2.98. The lowest BCUT2D eigenvalue weighted by Crippen LogP contribution is -2.56. The molecule has 0 saturated heterocycles. The molecular weight excluding hydrogens is 184 g/mol. The molecule has 1 rings (SSSR count).